The number of amides is 1. The molecular formula is C14H19F2N3O3S. The molecule has 2 rings (SSSR count). The normalized spacial score (nSPS) is 22.3. The largest absolute Gasteiger partial charge is 0.346 e. The van der Waals surface area contributed by atoms with Crippen LogP contribution >= 0.6 is 0 Å². The lowest BCUT2D eigenvalue weighted by molar-refractivity contribution is 0.0920. The molecule has 1 saturated heterocycles. The summed E-state index contributed by atoms with van der Waals surface area (Å²) < 4.78 is 51.1. The number of halogens is 2. The van der Waals surface area contributed by atoms with Gasteiger partial charge in [0.1, 0.15) is 5.82 Å². The number of nitrogens with zero attached hydrogens (tertiary/aromatic N) is 2. The Hall–Kier alpha value is -1.61. The fraction of sp³-hybridized carbons (Fsp3) is 0.571. The summed E-state index contributed by atoms with van der Waals surface area (Å²) in [5.41, 5.74) is -0.501. The third kappa shape index (κ3) is 4.23. The first-order chi connectivity index (χ1) is 10.7. The average molecular weight is 347 g/mol. The van der Waals surface area contributed by atoms with Crippen LogP contribution in [0.1, 0.15) is 30.3 Å². The van der Waals surface area contributed by atoms with Crippen LogP contribution < -0.4 is 5.32 Å². The van der Waals surface area contributed by atoms with Gasteiger partial charge in [0, 0.05) is 25.2 Å². The molecule has 0 bridgehead atoms. The van der Waals surface area contributed by atoms with E-state index in [-0.39, 0.29) is 12.5 Å². The first-order valence-electron chi connectivity index (χ1n) is 7.29. The van der Waals surface area contributed by atoms with E-state index < -0.39 is 39.3 Å². The highest BCUT2D eigenvalue weighted by molar-refractivity contribution is 7.88. The summed E-state index contributed by atoms with van der Waals surface area (Å²) in [4.78, 5) is 15.6. The molecule has 0 radical (unpaired) electrons. The number of nitrogens with one attached hydrogen (secondary N) is 1. The van der Waals surface area contributed by atoms with Crippen LogP contribution in [0.15, 0.2) is 12.3 Å². The van der Waals surface area contributed by atoms with E-state index in [0.29, 0.717) is 12.6 Å². The predicted molar refractivity (Wildman–Crippen MR) is 80.2 cm³/mol. The maximum absolute atomic E-state index is 13.6. The molecule has 6 nitrogen and oxygen atoms in total. The molecule has 1 fully saturated rings. The van der Waals surface area contributed by atoms with Crippen LogP contribution in [0.3, 0.4) is 0 Å². The van der Waals surface area contributed by atoms with Gasteiger partial charge in [0.2, 0.25) is 10.0 Å². The molecular weight excluding hydrogens is 328 g/mol. The number of carbonyl (C=O) groups excluding carboxylic acids is 1. The Labute approximate surface area is 133 Å². The third-order valence-electron chi connectivity index (χ3n) is 3.88. The van der Waals surface area contributed by atoms with Gasteiger partial charge >= 0.3 is 0 Å². The van der Waals surface area contributed by atoms with Gasteiger partial charge in [-0.05, 0) is 12.3 Å². The molecule has 0 aliphatic carbocycles. The average Bonchev–Trinajstić information content (AvgIpc) is 2.82. The number of hydrogen-bond donors (Lipinski definition) is 1. The van der Waals surface area contributed by atoms with E-state index in [1.54, 1.807) is 0 Å². The van der Waals surface area contributed by atoms with E-state index in [1.165, 1.54) is 4.31 Å². The topological polar surface area (TPSA) is 79.4 Å². The van der Waals surface area contributed by atoms with Crippen molar-refractivity contribution in [3.8, 4) is 0 Å². The first kappa shape index (κ1) is 17.7. The Morgan fingerprint density at radius 3 is 2.70 bits per heavy atom. The molecule has 0 saturated carbocycles. The van der Waals surface area contributed by atoms with Crippen LogP contribution in [0.4, 0.5) is 8.78 Å². The van der Waals surface area contributed by atoms with Crippen LogP contribution in [0, 0.1) is 17.6 Å². The lowest BCUT2D eigenvalue weighted by Crippen LogP contribution is -2.41. The van der Waals surface area contributed by atoms with E-state index in [4.69, 9.17) is 0 Å². The Morgan fingerprint density at radius 1 is 1.43 bits per heavy atom. The zero-order valence-electron chi connectivity index (χ0n) is 12.9. The van der Waals surface area contributed by atoms with Gasteiger partial charge < -0.3 is 5.32 Å². The summed E-state index contributed by atoms with van der Waals surface area (Å²) in [5, 5.41) is 2.62. The fourth-order valence-corrected chi connectivity index (χ4v) is 3.64. The van der Waals surface area contributed by atoms with Gasteiger partial charge in [0.15, 0.2) is 11.5 Å². The zero-order valence-corrected chi connectivity index (χ0v) is 13.7. The Morgan fingerprint density at radius 2 is 2.13 bits per heavy atom. The summed E-state index contributed by atoms with van der Waals surface area (Å²) in [5.74, 6) is -2.74. The third-order valence-corrected chi connectivity index (χ3v) is 5.11. The predicted octanol–water partition coefficient (Wildman–Crippen LogP) is 1.15. The van der Waals surface area contributed by atoms with Crippen molar-refractivity contribution < 1.29 is 22.0 Å². The zero-order chi connectivity index (χ0) is 17.2. The second-order valence-corrected chi connectivity index (χ2v) is 7.68. The van der Waals surface area contributed by atoms with Gasteiger partial charge in [0.25, 0.3) is 5.91 Å². The number of carbonyl (C=O) groups is 1. The lowest BCUT2D eigenvalue weighted by Gasteiger charge is -2.19. The molecule has 1 aromatic rings. The molecule has 1 aliphatic heterocycles. The minimum Gasteiger partial charge on any atom is -0.346 e. The minimum absolute atomic E-state index is 0.0535. The Bertz CT molecular complexity index is 697. The Balaban J connectivity index is 2.14. The van der Waals surface area contributed by atoms with Crippen LogP contribution in [-0.2, 0) is 10.0 Å². The summed E-state index contributed by atoms with van der Waals surface area (Å²) in [6.07, 6.45) is 3.44. The molecule has 23 heavy (non-hydrogen) atoms. The molecule has 2 heterocycles. The molecule has 1 aromatic heterocycles. The summed E-state index contributed by atoms with van der Waals surface area (Å²) in [6.45, 7) is 2.41. The van der Waals surface area contributed by atoms with Gasteiger partial charge in [-0.3, -0.25) is 4.79 Å². The second-order valence-electron chi connectivity index (χ2n) is 5.69. The summed E-state index contributed by atoms with van der Waals surface area (Å²) in [7, 11) is -3.36. The standard InChI is InChI=1S/C14H19F2N3O3S/c1-3-4-9-7-19(23(2,21)22)8-12(9)18-14(20)13-11(16)5-10(15)6-17-13/h5-6,9,12H,3-4,7-8H2,1-2H3,(H,18,20)/t9-,12-/m1/s1. The SMILES string of the molecule is CCC[C@@H]1CN(S(C)(=O)=O)C[C@H]1NC(=O)c1ncc(F)cc1F. The summed E-state index contributed by atoms with van der Waals surface area (Å²) >= 11 is 0. The minimum atomic E-state index is -3.36. The van der Waals surface area contributed by atoms with Crippen molar-refractivity contribution in [1.82, 2.24) is 14.6 Å². The highest BCUT2D eigenvalue weighted by Crippen LogP contribution is 2.24. The summed E-state index contributed by atoms with van der Waals surface area (Å²) in [6, 6.07) is 0.159. The van der Waals surface area contributed by atoms with Crippen molar-refractivity contribution in [2.24, 2.45) is 5.92 Å². The second kappa shape index (κ2) is 6.88. The molecule has 0 spiro atoms. The number of sulfonamides is 1. The Kier molecular flexibility index (Phi) is 5.30. The van der Waals surface area contributed by atoms with Crippen LogP contribution in [0.2, 0.25) is 0 Å². The molecule has 128 valence electrons. The smallest absolute Gasteiger partial charge is 0.273 e. The number of hydrogen-bond acceptors (Lipinski definition) is 4. The van der Waals surface area contributed by atoms with E-state index in [2.05, 4.69) is 10.3 Å². The van der Waals surface area contributed by atoms with Gasteiger partial charge in [-0.1, -0.05) is 13.3 Å². The maximum atomic E-state index is 13.6. The van der Waals surface area contributed by atoms with Crippen molar-refractivity contribution in [3.63, 3.8) is 0 Å². The monoisotopic (exact) mass is 347 g/mol. The quantitative estimate of drug-likeness (QED) is 0.867. The molecule has 1 N–H and O–H groups in total. The maximum Gasteiger partial charge on any atom is 0.273 e. The van der Waals surface area contributed by atoms with Gasteiger partial charge in [0.05, 0.1) is 12.5 Å². The van der Waals surface area contributed by atoms with E-state index in [9.17, 15) is 22.0 Å². The van der Waals surface area contributed by atoms with Crippen molar-refractivity contribution in [2.45, 2.75) is 25.8 Å². The van der Waals surface area contributed by atoms with Crippen molar-refractivity contribution >= 4 is 15.9 Å². The highest BCUT2D eigenvalue weighted by atomic mass is 32.2. The molecule has 0 aromatic carbocycles. The number of aromatic nitrogens is 1. The van der Waals surface area contributed by atoms with E-state index in [0.717, 1.165) is 25.3 Å². The van der Waals surface area contributed by atoms with E-state index >= 15 is 0 Å². The van der Waals surface area contributed by atoms with Gasteiger partial charge in [-0.2, -0.15) is 4.31 Å². The molecule has 1 aliphatic rings. The van der Waals surface area contributed by atoms with Crippen molar-refractivity contribution in [3.05, 3.63) is 29.6 Å². The van der Waals surface area contributed by atoms with Crippen molar-refractivity contribution in [2.75, 3.05) is 19.3 Å². The molecule has 0 unspecified atom stereocenters. The first-order valence-corrected chi connectivity index (χ1v) is 9.14. The molecule has 1 amide bonds. The molecule has 9 heteroatoms. The van der Waals surface area contributed by atoms with Gasteiger partial charge in [-0.25, -0.2) is 22.2 Å². The number of rotatable bonds is 5. The van der Waals surface area contributed by atoms with Crippen LogP contribution in [0.5, 0.6) is 0 Å². The highest BCUT2D eigenvalue weighted by Gasteiger charge is 2.37. The van der Waals surface area contributed by atoms with Crippen LogP contribution in [-0.4, -0.2) is 49.0 Å². The van der Waals surface area contributed by atoms with E-state index in [1.807, 2.05) is 6.92 Å². The van der Waals surface area contributed by atoms with Crippen molar-refractivity contribution in [1.29, 1.82) is 0 Å². The van der Waals surface area contributed by atoms with Gasteiger partial charge in [-0.15, -0.1) is 0 Å². The molecule has 2 atom stereocenters. The fourth-order valence-electron chi connectivity index (χ4n) is 2.75. The number of pyridine rings is 1. The van der Waals surface area contributed by atoms with Crippen LogP contribution in [0.25, 0.3) is 0 Å². The lowest BCUT2D eigenvalue weighted by atomic mass is 9.98.